The van der Waals surface area contributed by atoms with Crippen LogP contribution < -0.4 is 0 Å². The second-order valence-electron chi connectivity index (χ2n) is 4.73. The van der Waals surface area contributed by atoms with Crippen molar-refractivity contribution in [2.45, 2.75) is 5.41 Å². The minimum atomic E-state index is -0.946. The zero-order valence-corrected chi connectivity index (χ0v) is 12.8. The summed E-state index contributed by atoms with van der Waals surface area (Å²) in [6.07, 6.45) is 0. The fourth-order valence-corrected chi connectivity index (χ4v) is 3.99. The van der Waals surface area contributed by atoms with Crippen LogP contribution in [-0.2, 0) is 10.2 Å². The lowest BCUT2D eigenvalue weighted by molar-refractivity contribution is -0.114. The Morgan fingerprint density at radius 2 is 1.33 bits per heavy atom. The summed E-state index contributed by atoms with van der Waals surface area (Å²) in [5.74, 6) is 0. The van der Waals surface area contributed by atoms with Gasteiger partial charge in [0.2, 0.25) is 5.24 Å². The summed E-state index contributed by atoms with van der Waals surface area (Å²) in [6.45, 7) is 0. The SMILES string of the molecule is O=C(Cl)C(c1ccccc1)(c1ccccc1)c1cccs1. The molecule has 1 nitrogen and oxygen atoms in total. The summed E-state index contributed by atoms with van der Waals surface area (Å²) < 4.78 is 0. The molecule has 1 aromatic heterocycles. The number of thiophene rings is 1. The van der Waals surface area contributed by atoms with E-state index in [1.165, 1.54) is 0 Å². The van der Waals surface area contributed by atoms with Gasteiger partial charge in [-0.2, -0.15) is 0 Å². The Morgan fingerprint density at radius 1 is 0.810 bits per heavy atom. The Balaban J connectivity index is 2.36. The van der Waals surface area contributed by atoms with E-state index in [2.05, 4.69) is 0 Å². The predicted octanol–water partition coefficient (Wildman–Crippen LogP) is 4.85. The van der Waals surface area contributed by atoms with Crippen molar-refractivity contribution in [1.29, 1.82) is 0 Å². The molecule has 21 heavy (non-hydrogen) atoms. The quantitative estimate of drug-likeness (QED) is 0.629. The van der Waals surface area contributed by atoms with E-state index in [1.807, 2.05) is 78.2 Å². The molecule has 0 bridgehead atoms. The van der Waals surface area contributed by atoms with Crippen molar-refractivity contribution in [2.75, 3.05) is 0 Å². The fraction of sp³-hybridized carbons (Fsp3) is 0.0556. The Hall–Kier alpha value is -1.90. The minimum Gasteiger partial charge on any atom is -0.279 e. The molecule has 0 spiro atoms. The molecule has 0 unspecified atom stereocenters. The molecule has 2 aromatic carbocycles. The van der Waals surface area contributed by atoms with Gasteiger partial charge in [-0.1, -0.05) is 66.7 Å². The zero-order valence-electron chi connectivity index (χ0n) is 11.2. The third-order valence-electron chi connectivity index (χ3n) is 3.60. The van der Waals surface area contributed by atoms with Crippen LogP contribution in [0.2, 0.25) is 0 Å². The van der Waals surface area contributed by atoms with E-state index in [4.69, 9.17) is 11.6 Å². The molecule has 0 radical (unpaired) electrons. The second-order valence-corrected chi connectivity index (χ2v) is 6.02. The summed E-state index contributed by atoms with van der Waals surface area (Å²) in [5, 5.41) is 1.58. The molecular formula is C18H13ClOS. The van der Waals surface area contributed by atoms with Crippen molar-refractivity contribution in [3.05, 3.63) is 94.2 Å². The lowest BCUT2D eigenvalue weighted by Gasteiger charge is -2.30. The normalized spacial score (nSPS) is 11.3. The standard InChI is InChI=1S/C18H13ClOS/c19-17(20)18(16-12-7-13-21-16,14-8-3-1-4-9-14)15-10-5-2-6-11-15/h1-13H. The van der Waals surface area contributed by atoms with Crippen LogP contribution in [0.3, 0.4) is 0 Å². The zero-order chi connectivity index (χ0) is 14.7. The molecule has 0 aliphatic heterocycles. The Kier molecular flexibility index (Phi) is 3.91. The Labute approximate surface area is 132 Å². The molecule has 0 aliphatic carbocycles. The monoisotopic (exact) mass is 312 g/mol. The van der Waals surface area contributed by atoms with Crippen molar-refractivity contribution < 1.29 is 4.79 Å². The lowest BCUT2D eigenvalue weighted by Crippen LogP contribution is -2.34. The van der Waals surface area contributed by atoms with Gasteiger partial charge < -0.3 is 0 Å². The van der Waals surface area contributed by atoms with Crippen LogP contribution >= 0.6 is 22.9 Å². The summed E-state index contributed by atoms with van der Waals surface area (Å²) in [4.78, 5) is 13.5. The minimum absolute atomic E-state index is 0.387. The smallest absolute Gasteiger partial charge is 0.241 e. The molecule has 3 heteroatoms. The van der Waals surface area contributed by atoms with E-state index in [1.54, 1.807) is 11.3 Å². The maximum Gasteiger partial charge on any atom is 0.241 e. The van der Waals surface area contributed by atoms with Gasteiger partial charge in [0, 0.05) is 4.88 Å². The molecule has 104 valence electrons. The highest BCUT2D eigenvalue weighted by Crippen LogP contribution is 2.43. The van der Waals surface area contributed by atoms with Crippen LogP contribution in [0.4, 0.5) is 0 Å². The van der Waals surface area contributed by atoms with Gasteiger partial charge >= 0.3 is 0 Å². The maximum absolute atomic E-state index is 12.5. The third kappa shape index (κ3) is 2.31. The van der Waals surface area contributed by atoms with Crippen LogP contribution in [0, 0.1) is 0 Å². The number of rotatable bonds is 4. The van der Waals surface area contributed by atoms with Crippen molar-refractivity contribution in [2.24, 2.45) is 0 Å². The van der Waals surface area contributed by atoms with Crippen LogP contribution in [0.25, 0.3) is 0 Å². The van der Waals surface area contributed by atoms with E-state index in [-0.39, 0.29) is 5.24 Å². The van der Waals surface area contributed by atoms with Crippen LogP contribution in [-0.4, -0.2) is 5.24 Å². The molecule has 0 saturated heterocycles. The summed E-state index contributed by atoms with van der Waals surface area (Å²) >= 11 is 7.67. The molecule has 0 N–H and O–H groups in total. The summed E-state index contributed by atoms with van der Waals surface area (Å²) in [5.41, 5.74) is 0.829. The van der Waals surface area contributed by atoms with E-state index < -0.39 is 5.41 Å². The van der Waals surface area contributed by atoms with Gasteiger partial charge in [0.1, 0.15) is 5.41 Å². The number of halogens is 1. The first-order valence-electron chi connectivity index (χ1n) is 6.61. The van der Waals surface area contributed by atoms with E-state index in [0.717, 1.165) is 16.0 Å². The van der Waals surface area contributed by atoms with Crippen LogP contribution in [0.5, 0.6) is 0 Å². The number of benzene rings is 2. The van der Waals surface area contributed by atoms with Crippen molar-refractivity contribution in [3.63, 3.8) is 0 Å². The highest BCUT2D eigenvalue weighted by Gasteiger charge is 2.43. The molecular weight excluding hydrogens is 300 g/mol. The van der Waals surface area contributed by atoms with E-state index >= 15 is 0 Å². The second kappa shape index (κ2) is 5.84. The molecule has 1 heterocycles. The van der Waals surface area contributed by atoms with Crippen molar-refractivity contribution >= 4 is 28.2 Å². The number of carbonyl (C=O) groups is 1. The molecule has 3 aromatic rings. The lowest BCUT2D eigenvalue weighted by atomic mass is 9.74. The average molecular weight is 313 g/mol. The van der Waals surface area contributed by atoms with Gasteiger partial charge in [0.25, 0.3) is 0 Å². The summed E-state index contributed by atoms with van der Waals surface area (Å²) in [6, 6.07) is 23.3. The first-order chi connectivity index (χ1) is 10.3. The predicted molar refractivity (Wildman–Crippen MR) is 87.9 cm³/mol. The summed E-state index contributed by atoms with van der Waals surface area (Å²) in [7, 11) is 0. The maximum atomic E-state index is 12.5. The first-order valence-corrected chi connectivity index (χ1v) is 7.87. The molecule has 0 amide bonds. The molecule has 0 atom stereocenters. The number of hydrogen-bond donors (Lipinski definition) is 0. The fourth-order valence-electron chi connectivity index (χ4n) is 2.64. The van der Waals surface area contributed by atoms with Gasteiger partial charge in [-0.15, -0.1) is 11.3 Å². The highest BCUT2D eigenvalue weighted by molar-refractivity contribution is 7.10. The van der Waals surface area contributed by atoms with Crippen molar-refractivity contribution in [1.82, 2.24) is 0 Å². The third-order valence-corrected chi connectivity index (χ3v) is 4.87. The molecule has 0 fully saturated rings. The average Bonchev–Trinajstić information content (AvgIpc) is 3.04. The van der Waals surface area contributed by atoms with Gasteiger partial charge in [-0.3, -0.25) is 4.79 Å². The van der Waals surface area contributed by atoms with Gasteiger partial charge in [-0.25, -0.2) is 0 Å². The molecule has 0 aliphatic rings. The Bertz CT molecular complexity index is 681. The van der Waals surface area contributed by atoms with Gasteiger partial charge in [0.15, 0.2) is 0 Å². The van der Waals surface area contributed by atoms with E-state index in [9.17, 15) is 4.79 Å². The highest BCUT2D eigenvalue weighted by atomic mass is 35.5. The topological polar surface area (TPSA) is 17.1 Å². The Morgan fingerprint density at radius 3 is 1.71 bits per heavy atom. The first kappa shape index (κ1) is 14.1. The van der Waals surface area contributed by atoms with Gasteiger partial charge in [-0.05, 0) is 34.2 Å². The number of hydrogen-bond acceptors (Lipinski definition) is 2. The number of carbonyl (C=O) groups excluding carboxylic acids is 1. The van der Waals surface area contributed by atoms with Crippen LogP contribution in [0.1, 0.15) is 16.0 Å². The van der Waals surface area contributed by atoms with Gasteiger partial charge in [0.05, 0.1) is 0 Å². The molecule has 3 rings (SSSR count). The molecule has 0 saturated carbocycles. The van der Waals surface area contributed by atoms with Crippen molar-refractivity contribution in [3.8, 4) is 0 Å². The van der Waals surface area contributed by atoms with Crippen LogP contribution in [0.15, 0.2) is 78.2 Å². The largest absolute Gasteiger partial charge is 0.279 e. The van der Waals surface area contributed by atoms with E-state index in [0.29, 0.717) is 0 Å².